The van der Waals surface area contributed by atoms with Crippen molar-refractivity contribution in [3.05, 3.63) is 23.8 Å². The zero-order valence-corrected chi connectivity index (χ0v) is 11.3. The molecule has 1 aliphatic rings. The second-order valence-corrected chi connectivity index (χ2v) is 5.60. The first-order valence-corrected chi connectivity index (χ1v) is 6.41. The van der Waals surface area contributed by atoms with Crippen molar-refractivity contribution < 1.29 is 4.74 Å². The molecule has 3 nitrogen and oxygen atoms in total. The van der Waals surface area contributed by atoms with E-state index < -0.39 is 0 Å². The van der Waals surface area contributed by atoms with Gasteiger partial charge in [0.1, 0.15) is 11.8 Å². The number of benzene rings is 1. The van der Waals surface area contributed by atoms with E-state index in [2.05, 4.69) is 25.2 Å². The number of nitrogens with one attached hydrogen (secondary N) is 1. The molecule has 1 saturated carbocycles. The summed E-state index contributed by atoms with van der Waals surface area (Å²) in [4.78, 5) is 0. The predicted octanol–water partition coefficient (Wildman–Crippen LogP) is 3.56. The van der Waals surface area contributed by atoms with Crippen LogP contribution in [0.3, 0.4) is 0 Å². The van der Waals surface area contributed by atoms with E-state index in [1.165, 1.54) is 12.8 Å². The average Bonchev–Trinajstić information content (AvgIpc) is 2.68. The molecule has 1 N–H and O–H groups in total. The minimum atomic E-state index is 0.288. The van der Waals surface area contributed by atoms with Gasteiger partial charge in [0.25, 0.3) is 0 Å². The highest BCUT2D eigenvalue weighted by Gasteiger charge is 2.34. The molecule has 0 heterocycles. The van der Waals surface area contributed by atoms with Crippen molar-refractivity contribution in [3.8, 4) is 11.8 Å². The highest BCUT2D eigenvalue weighted by Crippen LogP contribution is 2.39. The fraction of sp³-hybridized carbons (Fsp3) is 0.533. The Bertz CT molecular complexity index is 474. The van der Waals surface area contributed by atoms with Gasteiger partial charge in [0.15, 0.2) is 0 Å². The Morgan fingerprint density at radius 3 is 2.78 bits per heavy atom. The van der Waals surface area contributed by atoms with Gasteiger partial charge in [-0.3, -0.25) is 0 Å². The molecule has 1 aliphatic carbocycles. The van der Waals surface area contributed by atoms with E-state index in [1.54, 1.807) is 7.11 Å². The first-order chi connectivity index (χ1) is 8.56. The van der Waals surface area contributed by atoms with Gasteiger partial charge >= 0.3 is 0 Å². The molecule has 0 radical (unpaired) electrons. The largest absolute Gasteiger partial charge is 0.497 e. The van der Waals surface area contributed by atoms with Gasteiger partial charge in [-0.25, -0.2) is 0 Å². The topological polar surface area (TPSA) is 45.0 Å². The summed E-state index contributed by atoms with van der Waals surface area (Å²) in [6.07, 6.45) is 3.64. The van der Waals surface area contributed by atoms with Crippen molar-refractivity contribution in [3.63, 3.8) is 0 Å². The highest BCUT2D eigenvalue weighted by atomic mass is 16.5. The molecule has 3 heteroatoms. The van der Waals surface area contributed by atoms with Crippen LogP contribution >= 0.6 is 0 Å². The molecule has 96 valence electrons. The zero-order chi connectivity index (χ0) is 13.2. The summed E-state index contributed by atoms with van der Waals surface area (Å²) in [5.74, 6) is 0.785. The van der Waals surface area contributed by atoms with Crippen molar-refractivity contribution in [1.29, 1.82) is 5.26 Å². The molecule has 1 atom stereocenters. The Morgan fingerprint density at radius 1 is 1.44 bits per heavy atom. The molecule has 0 bridgehead atoms. The number of anilines is 1. The van der Waals surface area contributed by atoms with E-state index >= 15 is 0 Å². The van der Waals surface area contributed by atoms with Crippen LogP contribution in [0, 0.1) is 16.7 Å². The third-order valence-corrected chi connectivity index (χ3v) is 3.93. The molecular formula is C15H20N2O. The third-order valence-electron chi connectivity index (χ3n) is 3.93. The average molecular weight is 244 g/mol. The predicted molar refractivity (Wildman–Crippen MR) is 72.8 cm³/mol. The quantitative estimate of drug-likeness (QED) is 0.884. The Labute approximate surface area is 109 Å². The lowest BCUT2D eigenvalue weighted by Crippen LogP contribution is -2.31. The maximum Gasteiger partial charge on any atom is 0.121 e. The monoisotopic (exact) mass is 244 g/mol. The minimum absolute atomic E-state index is 0.288. The van der Waals surface area contributed by atoms with E-state index in [9.17, 15) is 0 Å². The number of nitriles is 1. The zero-order valence-electron chi connectivity index (χ0n) is 11.3. The van der Waals surface area contributed by atoms with E-state index in [0.717, 1.165) is 17.9 Å². The summed E-state index contributed by atoms with van der Waals surface area (Å²) in [7, 11) is 1.64. The van der Waals surface area contributed by atoms with Crippen LogP contribution in [-0.4, -0.2) is 13.2 Å². The van der Waals surface area contributed by atoms with Gasteiger partial charge in [-0.05, 0) is 30.4 Å². The molecule has 1 aromatic carbocycles. The fourth-order valence-electron chi connectivity index (χ4n) is 2.65. The van der Waals surface area contributed by atoms with Gasteiger partial charge in [-0.1, -0.05) is 20.3 Å². The molecule has 0 saturated heterocycles. The van der Waals surface area contributed by atoms with E-state index in [-0.39, 0.29) is 5.41 Å². The molecule has 1 fully saturated rings. The summed E-state index contributed by atoms with van der Waals surface area (Å²) in [6.45, 7) is 4.56. The molecule has 0 aliphatic heterocycles. The number of rotatable bonds is 3. The van der Waals surface area contributed by atoms with Gasteiger partial charge in [-0.2, -0.15) is 5.26 Å². The summed E-state index contributed by atoms with van der Waals surface area (Å²) < 4.78 is 5.22. The number of ether oxygens (including phenoxy) is 1. The van der Waals surface area contributed by atoms with Crippen molar-refractivity contribution in [1.82, 2.24) is 0 Å². The number of methoxy groups -OCH3 is 1. The van der Waals surface area contributed by atoms with Crippen LogP contribution in [0.5, 0.6) is 5.75 Å². The first-order valence-electron chi connectivity index (χ1n) is 6.41. The van der Waals surface area contributed by atoms with Crippen LogP contribution < -0.4 is 10.1 Å². The third kappa shape index (κ3) is 2.43. The van der Waals surface area contributed by atoms with Gasteiger partial charge in [0.05, 0.1) is 18.4 Å². The smallest absolute Gasteiger partial charge is 0.121 e. The van der Waals surface area contributed by atoms with Gasteiger partial charge in [0, 0.05) is 12.1 Å². The molecule has 2 rings (SSSR count). The lowest BCUT2D eigenvalue weighted by molar-refractivity contribution is 0.349. The van der Waals surface area contributed by atoms with Crippen LogP contribution in [0.1, 0.15) is 38.7 Å². The lowest BCUT2D eigenvalue weighted by atomic mass is 9.87. The number of hydrogen-bond acceptors (Lipinski definition) is 3. The van der Waals surface area contributed by atoms with Gasteiger partial charge in [-0.15, -0.1) is 0 Å². The van der Waals surface area contributed by atoms with Crippen LogP contribution in [-0.2, 0) is 0 Å². The van der Waals surface area contributed by atoms with E-state index in [1.807, 2.05) is 18.2 Å². The lowest BCUT2D eigenvalue weighted by Gasteiger charge is -2.29. The standard InChI is InChI=1S/C15H20N2O/c1-15(2)8-4-5-14(15)17-13-9-12(18-3)7-6-11(13)10-16/h6-7,9,14,17H,4-5,8H2,1-3H3. The summed E-state index contributed by atoms with van der Waals surface area (Å²) in [5.41, 5.74) is 1.85. The Morgan fingerprint density at radius 2 is 2.22 bits per heavy atom. The Kier molecular flexibility index (Phi) is 3.47. The summed E-state index contributed by atoms with van der Waals surface area (Å²) in [6, 6.07) is 8.20. The minimum Gasteiger partial charge on any atom is -0.497 e. The molecule has 0 spiro atoms. The molecule has 0 amide bonds. The van der Waals surface area contributed by atoms with Crippen LogP contribution in [0.25, 0.3) is 0 Å². The van der Waals surface area contributed by atoms with Crippen LogP contribution in [0.2, 0.25) is 0 Å². The molecular weight excluding hydrogens is 224 g/mol. The van der Waals surface area contributed by atoms with Crippen molar-refractivity contribution in [2.24, 2.45) is 5.41 Å². The van der Waals surface area contributed by atoms with E-state index in [4.69, 9.17) is 10.00 Å². The molecule has 1 unspecified atom stereocenters. The Hall–Kier alpha value is -1.69. The SMILES string of the molecule is COc1ccc(C#N)c(NC2CCCC2(C)C)c1. The second kappa shape index (κ2) is 4.89. The van der Waals surface area contributed by atoms with Crippen LogP contribution in [0.4, 0.5) is 5.69 Å². The maximum absolute atomic E-state index is 9.16. The molecule has 1 aromatic rings. The van der Waals surface area contributed by atoms with Gasteiger partial charge in [0.2, 0.25) is 0 Å². The maximum atomic E-state index is 9.16. The van der Waals surface area contributed by atoms with Crippen molar-refractivity contribution in [2.45, 2.75) is 39.2 Å². The van der Waals surface area contributed by atoms with E-state index in [0.29, 0.717) is 11.6 Å². The van der Waals surface area contributed by atoms with Crippen molar-refractivity contribution >= 4 is 5.69 Å². The second-order valence-electron chi connectivity index (χ2n) is 5.60. The van der Waals surface area contributed by atoms with Crippen molar-refractivity contribution in [2.75, 3.05) is 12.4 Å². The fourth-order valence-corrected chi connectivity index (χ4v) is 2.65. The van der Waals surface area contributed by atoms with Crippen LogP contribution in [0.15, 0.2) is 18.2 Å². The normalized spacial score (nSPS) is 21.3. The summed E-state index contributed by atoms with van der Waals surface area (Å²) >= 11 is 0. The molecule has 0 aromatic heterocycles. The number of hydrogen-bond donors (Lipinski definition) is 1. The Balaban J connectivity index is 2.25. The summed E-state index contributed by atoms with van der Waals surface area (Å²) in [5, 5.41) is 12.7. The number of nitrogens with zero attached hydrogens (tertiary/aromatic N) is 1. The first kappa shape index (κ1) is 12.8. The van der Waals surface area contributed by atoms with Gasteiger partial charge < -0.3 is 10.1 Å². The molecule has 18 heavy (non-hydrogen) atoms. The highest BCUT2D eigenvalue weighted by molar-refractivity contribution is 5.61.